The minimum atomic E-state index is -0.361. The predicted octanol–water partition coefficient (Wildman–Crippen LogP) is 2.04. The summed E-state index contributed by atoms with van der Waals surface area (Å²) in [4.78, 5) is 13.8. The first-order chi connectivity index (χ1) is 7.82. The van der Waals surface area contributed by atoms with Crippen LogP contribution in [0.4, 0.5) is 0 Å². The molecule has 4 heteroatoms. The van der Waals surface area contributed by atoms with Gasteiger partial charge in [-0.3, -0.25) is 9.69 Å². The number of likely N-dealkylation sites (N-methyl/N-ethyl adjacent to an activating group) is 1. The van der Waals surface area contributed by atoms with Gasteiger partial charge in [-0.2, -0.15) is 0 Å². The molecule has 1 aromatic rings. The summed E-state index contributed by atoms with van der Waals surface area (Å²) < 4.78 is 5.38. The second-order valence-electron chi connectivity index (χ2n) is 5.45. The van der Waals surface area contributed by atoms with Crippen molar-refractivity contribution < 1.29 is 9.21 Å². The highest BCUT2D eigenvalue weighted by Crippen LogP contribution is 2.19. The van der Waals surface area contributed by atoms with Crippen LogP contribution in [0, 0.1) is 5.41 Å². The second kappa shape index (κ2) is 5.36. The van der Waals surface area contributed by atoms with Crippen LogP contribution < -0.4 is 5.32 Å². The number of furan rings is 1. The molecular weight excluding hydrogens is 216 g/mol. The molecule has 0 spiro atoms. The smallest absolute Gasteiger partial charge is 0.225 e. The van der Waals surface area contributed by atoms with Crippen LogP contribution in [0.2, 0.25) is 0 Å². The molecule has 0 unspecified atom stereocenters. The molecule has 17 heavy (non-hydrogen) atoms. The summed E-state index contributed by atoms with van der Waals surface area (Å²) in [7, 11) is 3.94. The second-order valence-corrected chi connectivity index (χ2v) is 5.45. The van der Waals surface area contributed by atoms with Crippen molar-refractivity contribution >= 4 is 5.91 Å². The highest BCUT2D eigenvalue weighted by Gasteiger charge is 2.23. The van der Waals surface area contributed by atoms with Gasteiger partial charge in [-0.05, 0) is 26.2 Å². The highest BCUT2D eigenvalue weighted by atomic mass is 16.3. The van der Waals surface area contributed by atoms with E-state index in [0.29, 0.717) is 6.54 Å². The summed E-state index contributed by atoms with van der Waals surface area (Å²) >= 11 is 0. The average molecular weight is 238 g/mol. The van der Waals surface area contributed by atoms with E-state index in [2.05, 4.69) is 5.32 Å². The Morgan fingerprint density at radius 1 is 1.47 bits per heavy atom. The number of carbonyl (C=O) groups is 1. The summed E-state index contributed by atoms with van der Waals surface area (Å²) in [6.07, 6.45) is 1.65. The van der Waals surface area contributed by atoms with Crippen LogP contribution >= 0.6 is 0 Å². The third kappa shape index (κ3) is 3.89. The third-order valence-electron chi connectivity index (χ3n) is 2.63. The monoisotopic (exact) mass is 238 g/mol. The Bertz CT molecular complexity index is 350. The predicted molar refractivity (Wildman–Crippen MR) is 67.6 cm³/mol. The van der Waals surface area contributed by atoms with Gasteiger partial charge in [-0.15, -0.1) is 0 Å². The number of hydrogen-bond acceptors (Lipinski definition) is 3. The molecule has 0 aliphatic rings. The number of hydrogen-bond donors (Lipinski definition) is 1. The lowest BCUT2D eigenvalue weighted by atomic mass is 9.95. The van der Waals surface area contributed by atoms with Crippen LogP contribution in [-0.2, 0) is 4.79 Å². The standard InChI is InChI=1S/C13H22N2O2/c1-13(2,3)12(16)14-9-10(15(4)5)11-7-6-8-17-11/h6-8,10H,9H2,1-5H3,(H,14,16)/t10-/m1/s1. The van der Waals surface area contributed by atoms with Crippen LogP contribution in [0.5, 0.6) is 0 Å². The van der Waals surface area contributed by atoms with Gasteiger partial charge < -0.3 is 9.73 Å². The highest BCUT2D eigenvalue weighted by molar-refractivity contribution is 5.81. The maximum Gasteiger partial charge on any atom is 0.225 e. The Morgan fingerprint density at radius 3 is 2.53 bits per heavy atom. The van der Waals surface area contributed by atoms with Crippen molar-refractivity contribution in [3.8, 4) is 0 Å². The van der Waals surface area contributed by atoms with Crippen LogP contribution in [0.15, 0.2) is 22.8 Å². The Morgan fingerprint density at radius 2 is 2.12 bits per heavy atom. The van der Waals surface area contributed by atoms with E-state index in [1.54, 1.807) is 6.26 Å². The zero-order valence-electron chi connectivity index (χ0n) is 11.3. The fraction of sp³-hybridized carbons (Fsp3) is 0.615. The van der Waals surface area contributed by atoms with Gasteiger partial charge in [0.05, 0.1) is 12.3 Å². The molecule has 0 saturated heterocycles. The molecule has 1 rings (SSSR count). The molecule has 1 atom stereocenters. The molecule has 0 aliphatic carbocycles. The molecule has 1 heterocycles. The Labute approximate surface area is 103 Å². The molecule has 0 aliphatic heterocycles. The van der Waals surface area contributed by atoms with Gasteiger partial charge >= 0.3 is 0 Å². The van der Waals surface area contributed by atoms with Gasteiger partial charge in [0.2, 0.25) is 5.91 Å². The molecule has 96 valence electrons. The molecule has 1 aromatic heterocycles. The largest absolute Gasteiger partial charge is 0.468 e. The maximum absolute atomic E-state index is 11.8. The third-order valence-corrected chi connectivity index (χ3v) is 2.63. The van der Waals surface area contributed by atoms with Crippen molar-refractivity contribution in [2.75, 3.05) is 20.6 Å². The van der Waals surface area contributed by atoms with Crippen LogP contribution in [0.1, 0.15) is 32.6 Å². The molecule has 0 radical (unpaired) electrons. The van der Waals surface area contributed by atoms with Crippen LogP contribution in [-0.4, -0.2) is 31.4 Å². The van der Waals surface area contributed by atoms with Crippen LogP contribution in [0.25, 0.3) is 0 Å². The minimum absolute atomic E-state index is 0.0518. The van der Waals surface area contributed by atoms with Crippen molar-refractivity contribution in [3.05, 3.63) is 24.2 Å². The van der Waals surface area contributed by atoms with E-state index < -0.39 is 0 Å². The van der Waals surface area contributed by atoms with Crippen molar-refractivity contribution in [2.45, 2.75) is 26.8 Å². The van der Waals surface area contributed by atoms with E-state index >= 15 is 0 Å². The summed E-state index contributed by atoms with van der Waals surface area (Å²) in [5, 5.41) is 2.95. The lowest BCUT2D eigenvalue weighted by Crippen LogP contribution is -2.40. The first-order valence-electron chi connectivity index (χ1n) is 5.80. The van der Waals surface area contributed by atoms with Crippen molar-refractivity contribution in [3.63, 3.8) is 0 Å². The summed E-state index contributed by atoms with van der Waals surface area (Å²) in [5.74, 6) is 0.917. The number of nitrogens with one attached hydrogen (secondary N) is 1. The molecule has 0 saturated carbocycles. The first kappa shape index (κ1) is 13.8. The Balaban J connectivity index is 2.61. The van der Waals surface area contributed by atoms with Gasteiger partial charge in [0.1, 0.15) is 5.76 Å². The normalized spacial score (nSPS) is 13.8. The molecule has 0 bridgehead atoms. The van der Waals surface area contributed by atoms with Crippen LogP contribution in [0.3, 0.4) is 0 Å². The SMILES string of the molecule is CN(C)[C@H](CNC(=O)C(C)(C)C)c1ccco1. The van der Waals surface area contributed by atoms with E-state index in [0.717, 1.165) is 5.76 Å². The number of amides is 1. The number of rotatable bonds is 4. The quantitative estimate of drug-likeness (QED) is 0.873. The molecule has 1 N–H and O–H groups in total. The van der Waals surface area contributed by atoms with E-state index in [9.17, 15) is 4.79 Å². The fourth-order valence-electron chi connectivity index (χ4n) is 1.47. The molecule has 0 aromatic carbocycles. The molecule has 0 fully saturated rings. The zero-order chi connectivity index (χ0) is 13.1. The summed E-state index contributed by atoms with van der Waals surface area (Å²) in [6.45, 7) is 6.26. The average Bonchev–Trinajstić information content (AvgIpc) is 2.69. The van der Waals surface area contributed by atoms with Crippen molar-refractivity contribution in [1.82, 2.24) is 10.2 Å². The Hall–Kier alpha value is -1.29. The topological polar surface area (TPSA) is 45.5 Å². The van der Waals surface area contributed by atoms with Crippen molar-refractivity contribution in [2.24, 2.45) is 5.41 Å². The van der Waals surface area contributed by atoms with Gasteiger partial charge in [0, 0.05) is 12.0 Å². The van der Waals surface area contributed by atoms with Gasteiger partial charge in [0.15, 0.2) is 0 Å². The van der Waals surface area contributed by atoms with Gasteiger partial charge in [0.25, 0.3) is 0 Å². The van der Waals surface area contributed by atoms with E-state index in [1.807, 2.05) is 51.9 Å². The lowest BCUT2D eigenvalue weighted by molar-refractivity contribution is -0.128. The van der Waals surface area contributed by atoms with Gasteiger partial charge in [-0.25, -0.2) is 0 Å². The first-order valence-corrected chi connectivity index (χ1v) is 5.80. The lowest BCUT2D eigenvalue weighted by Gasteiger charge is -2.25. The number of nitrogens with zero attached hydrogens (tertiary/aromatic N) is 1. The van der Waals surface area contributed by atoms with E-state index in [-0.39, 0.29) is 17.4 Å². The number of carbonyl (C=O) groups excluding carboxylic acids is 1. The summed E-state index contributed by atoms with van der Waals surface area (Å²) in [5.41, 5.74) is -0.361. The molecule has 4 nitrogen and oxygen atoms in total. The van der Waals surface area contributed by atoms with Crippen molar-refractivity contribution in [1.29, 1.82) is 0 Å². The van der Waals surface area contributed by atoms with E-state index in [4.69, 9.17) is 4.42 Å². The molecular formula is C13H22N2O2. The van der Waals surface area contributed by atoms with Gasteiger partial charge in [-0.1, -0.05) is 20.8 Å². The zero-order valence-corrected chi connectivity index (χ0v) is 11.3. The fourth-order valence-corrected chi connectivity index (χ4v) is 1.47. The summed E-state index contributed by atoms with van der Waals surface area (Å²) in [6, 6.07) is 3.85. The minimum Gasteiger partial charge on any atom is -0.468 e. The van der Waals surface area contributed by atoms with E-state index in [1.165, 1.54) is 0 Å². The Kier molecular flexibility index (Phi) is 4.34. The maximum atomic E-state index is 11.8. The molecule has 1 amide bonds.